The Labute approximate surface area is 310 Å². The molecule has 6 rings (SSSR count). The molecule has 6 aliphatic rings. The van der Waals surface area contributed by atoms with Crippen LogP contribution in [0.4, 0.5) is 0 Å². The largest absolute Gasteiger partial charge is 0.394 e. The highest BCUT2D eigenvalue weighted by molar-refractivity contribution is 5.15. The topological polar surface area (TPSA) is 177 Å². The third-order valence-corrected chi connectivity index (χ3v) is 15.1. The zero-order valence-corrected chi connectivity index (χ0v) is 32.3. The van der Waals surface area contributed by atoms with Gasteiger partial charge in [-0.1, -0.05) is 46.8 Å². The summed E-state index contributed by atoms with van der Waals surface area (Å²) < 4.78 is 35.0. The summed E-state index contributed by atoms with van der Waals surface area (Å²) >= 11 is 0. The minimum atomic E-state index is -1.19. The third-order valence-electron chi connectivity index (χ3n) is 15.1. The lowest BCUT2D eigenvalue weighted by atomic mass is 9.43. The van der Waals surface area contributed by atoms with Crippen LogP contribution < -0.4 is 0 Å². The van der Waals surface area contributed by atoms with Crippen LogP contribution in [0.5, 0.6) is 0 Å². The first-order chi connectivity index (χ1) is 24.7. The van der Waals surface area contributed by atoms with E-state index in [-0.39, 0.29) is 65.7 Å². The summed E-state index contributed by atoms with van der Waals surface area (Å²) in [5.74, 6) is 1.75. The van der Waals surface area contributed by atoms with Gasteiger partial charge in [-0.2, -0.15) is 0 Å². The number of hydrogen-bond donors (Lipinski definition) is 6. The zero-order chi connectivity index (χ0) is 37.7. The molecule has 0 spiro atoms. The van der Waals surface area contributed by atoms with E-state index >= 15 is 0 Å². The van der Waals surface area contributed by atoms with Crippen LogP contribution in [0.1, 0.15) is 79.6 Å². The Hall–Kier alpha value is -0.740. The molecule has 2 heterocycles. The molecule has 12 heteroatoms. The van der Waals surface area contributed by atoms with E-state index < -0.39 is 68.0 Å². The van der Waals surface area contributed by atoms with E-state index in [0.717, 1.165) is 32.1 Å². The number of allylic oxidation sites excluding steroid dienone is 1. The number of hydrogen-bond acceptors (Lipinski definition) is 12. The number of fused-ring (bicyclic) bond motifs is 5. The normalized spacial score (nSPS) is 50.6. The van der Waals surface area contributed by atoms with Crippen molar-refractivity contribution in [2.24, 2.45) is 58.2 Å². The molecule has 300 valence electrons. The van der Waals surface area contributed by atoms with Crippen molar-refractivity contribution in [3.63, 3.8) is 0 Å². The number of aliphatic hydroxyl groups excluding tert-OH is 6. The van der Waals surface area contributed by atoms with Crippen LogP contribution in [0.15, 0.2) is 12.2 Å². The minimum Gasteiger partial charge on any atom is -0.394 e. The van der Waals surface area contributed by atoms with Crippen molar-refractivity contribution in [2.45, 2.75) is 147 Å². The first-order valence-corrected chi connectivity index (χ1v) is 20.0. The summed E-state index contributed by atoms with van der Waals surface area (Å²) in [4.78, 5) is 0. The van der Waals surface area contributed by atoms with E-state index in [1.54, 1.807) is 0 Å². The summed E-state index contributed by atoms with van der Waals surface area (Å²) in [5, 5.41) is 65.3. The first-order valence-electron chi connectivity index (χ1n) is 20.0. The van der Waals surface area contributed by atoms with Crippen LogP contribution in [-0.2, 0) is 28.4 Å². The molecule has 12 nitrogen and oxygen atoms in total. The summed E-state index contributed by atoms with van der Waals surface area (Å²) in [5.41, 5.74) is -0.0403. The predicted molar refractivity (Wildman–Crippen MR) is 191 cm³/mol. The average Bonchev–Trinajstić information content (AvgIpc) is 3.56. The lowest BCUT2D eigenvalue weighted by Gasteiger charge is -2.62. The maximum Gasteiger partial charge on any atom is 0.187 e. The molecular weight excluding hydrogens is 672 g/mol. The highest BCUT2D eigenvalue weighted by Gasteiger charge is 2.64. The van der Waals surface area contributed by atoms with Gasteiger partial charge in [-0.05, 0) is 97.2 Å². The number of aliphatic hydroxyl groups is 6. The highest BCUT2D eigenvalue weighted by atomic mass is 16.8. The second-order valence-electron chi connectivity index (χ2n) is 18.1. The van der Waals surface area contributed by atoms with Crippen LogP contribution in [-0.4, -0.2) is 132 Å². The van der Waals surface area contributed by atoms with Gasteiger partial charge in [0.1, 0.15) is 36.6 Å². The Balaban J connectivity index is 1.11. The molecule has 4 aliphatic carbocycles. The van der Waals surface area contributed by atoms with E-state index in [1.807, 2.05) is 0 Å². The molecule has 2 saturated heterocycles. The second-order valence-corrected chi connectivity index (χ2v) is 18.1. The summed E-state index contributed by atoms with van der Waals surface area (Å²) in [6.07, 6.45) is 1.79. The van der Waals surface area contributed by atoms with Gasteiger partial charge in [0.2, 0.25) is 0 Å². The first kappa shape index (κ1) is 40.9. The average molecular weight is 741 g/mol. The van der Waals surface area contributed by atoms with Gasteiger partial charge in [0.05, 0.1) is 38.1 Å². The Kier molecular flexibility index (Phi) is 12.9. The lowest BCUT2D eigenvalue weighted by Crippen LogP contribution is -2.59. The molecule has 4 saturated carbocycles. The van der Waals surface area contributed by atoms with Crippen molar-refractivity contribution >= 4 is 0 Å². The van der Waals surface area contributed by atoms with Gasteiger partial charge in [0, 0.05) is 20.1 Å². The lowest BCUT2D eigenvalue weighted by molar-refractivity contribution is -0.310. The van der Waals surface area contributed by atoms with Gasteiger partial charge in [-0.15, -0.1) is 0 Å². The minimum absolute atomic E-state index is 0.000272. The van der Waals surface area contributed by atoms with Gasteiger partial charge < -0.3 is 59.1 Å². The molecule has 2 aliphatic heterocycles. The number of rotatable bonds is 12. The second kappa shape index (κ2) is 16.4. The van der Waals surface area contributed by atoms with Crippen molar-refractivity contribution in [1.29, 1.82) is 0 Å². The molecule has 0 aromatic rings. The Morgan fingerprint density at radius 2 is 1.54 bits per heavy atom. The molecular formula is C40H68O12. The molecule has 20 atom stereocenters. The summed E-state index contributed by atoms with van der Waals surface area (Å²) in [6, 6.07) is 0. The molecule has 0 radical (unpaired) electrons. The molecule has 52 heavy (non-hydrogen) atoms. The quantitative estimate of drug-likeness (QED) is 0.162. The van der Waals surface area contributed by atoms with E-state index in [1.165, 1.54) is 14.2 Å². The SMILES string of the molecule is COC1C(O)[C@H](OC)CO[C@H]1OC1C(O)[C@H](CO)O[C@@H]1OC[C@H](/C=C/C(C)C1C[C@@H](O)C2C3CC(O)C4C[C@@H](O)CC[C@]4(C)C3CC[C@]12C)C(C)C. The van der Waals surface area contributed by atoms with E-state index in [9.17, 15) is 30.6 Å². The highest BCUT2D eigenvalue weighted by Crippen LogP contribution is 2.68. The third kappa shape index (κ3) is 7.43. The Morgan fingerprint density at radius 3 is 2.21 bits per heavy atom. The summed E-state index contributed by atoms with van der Waals surface area (Å²) in [6.45, 7) is 11.2. The van der Waals surface area contributed by atoms with Gasteiger partial charge in [-0.3, -0.25) is 0 Å². The number of ether oxygens (including phenoxy) is 6. The van der Waals surface area contributed by atoms with Crippen molar-refractivity contribution in [3.8, 4) is 0 Å². The molecule has 6 N–H and O–H groups in total. The van der Waals surface area contributed by atoms with Crippen LogP contribution in [0, 0.1) is 58.2 Å². The fourth-order valence-corrected chi connectivity index (χ4v) is 12.0. The van der Waals surface area contributed by atoms with Crippen LogP contribution in [0.25, 0.3) is 0 Å². The fourth-order valence-electron chi connectivity index (χ4n) is 12.0. The predicted octanol–water partition coefficient (Wildman–Crippen LogP) is 2.64. The molecule has 0 aromatic carbocycles. The van der Waals surface area contributed by atoms with Gasteiger partial charge in [-0.25, -0.2) is 0 Å². The van der Waals surface area contributed by atoms with Crippen molar-refractivity contribution in [3.05, 3.63) is 12.2 Å². The van der Waals surface area contributed by atoms with E-state index in [2.05, 4.69) is 46.8 Å². The maximum absolute atomic E-state index is 11.7. The van der Waals surface area contributed by atoms with Crippen LogP contribution in [0.2, 0.25) is 0 Å². The maximum atomic E-state index is 11.7. The Bertz CT molecular complexity index is 1200. The van der Waals surface area contributed by atoms with Crippen molar-refractivity contribution in [2.75, 3.05) is 34.0 Å². The van der Waals surface area contributed by atoms with E-state index in [4.69, 9.17) is 28.4 Å². The standard InChI is InChI=1S/C40H68O12/c1-20(2)22(18-49-38-36(33(45)30(17-41)51-38)52-37-35(48-7)34(46)31(47-6)19-50-37)9-8-21(3)26-16-29(44)32-24-15-28(43)27-14-23(42)10-12-39(27,4)25(24)11-13-40(26,32)5/h8-9,20-38,41-46H,10-19H2,1-7H3/b9-8+/t21?,22-,23-,24?,25?,26?,27?,28?,29+,30-,31+,32?,33?,34?,35?,36?,37-,38-,39+,40+/m0/s1. The Morgan fingerprint density at radius 1 is 0.808 bits per heavy atom. The van der Waals surface area contributed by atoms with Gasteiger partial charge in [0.25, 0.3) is 0 Å². The fraction of sp³-hybridized carbons (Fsp3) is 0.950. The monoisotopic (exact) mass is 740 g/mol. The van der Waals surface area contributed by atoms with Crippen molar-refractivity contribution < 1.29 is 59.1 Å². The van der Waals surface area contributed by atoms with E-state index in [0.29, 0.717) is 24.7 Å². The molecule has 0 amide bonds. The smallest absolute Gasteiger partial charge is 0.187 e. The molecule has 0 aromatic heterocycles. The number of methoxy groups -OCH3 is 2. The van der Waals surface area contributed by atoms with Crippen LogP contribution >= 0.6 is 0 Å². The summed E-state index contributed by atoms with van der Waals surface area (Å²) in [7, 11) is 2.92. The van der Waals surface area contributed by atoms with Gasteiger partial charge in [0.15, 0.2) is 12.6 Å². The van der Waals surface area contributed by atoms with Crippen LogP contribution in [0.3, 0.4) is 0 Å². The van der Waals surface area contributed by atoms with Gasteiger partial charge >= 0.3 is 0 Å². The molecule has 11 unspecified atom stereocenters. The molecule has 6 fully saturated rings. The molecule has 0 bridgehead atoms. The van der Waals surface area contributed by atoms with Crippen molar-refractivity contribution in [1.82, 2.24) is 0 Å². The zero-order valence-electron chi connectivity index (χ0n) is 32.3.